The Morgan fingerprint density at radius 1 is 1.29 bits per heavy atom. The summed E-state index contributed by atoms with van der Waals surface area (Å²) in [5, 5.41) is 6.74. The molecule has 3 rings (SSSR count). The minimum atomic E-state index is -0.299. The van der Waals surface area contributed by atoms with Gasteiger partial charge in [0, 0.05) is 55.3 Å². The second-order valence-corrected chi connectivity index (χ2v) is 6.43. The van der Waals surface area contributed by atoms with E-state index in [0.717, 1.165) is 11.3 Å². The molecule has 0 saturated heterocycles. The Bertz CT molecular complexity index is 996. The smallest absolute Gasteiger partial charge is 0.348 e. The molecule has 146 valence electrons. The number of hydrogen-bond acceptors (Lipinski definition) is 7. The van der Waals surface area contributed by atoms with E-state index in [1.165, 1.54) is 0 Å². The average Bonchev–Trinajstić information content (AvgIpc) is 3.13. The van der Waals surface area contributed by atoms with Gasteiger partial charge in [0.15, 0.2) is 0 Å². The summed E-state index contributed by atoms with van der Waals surface area (Å²) in [6.45, 7) is 4.39. The van der Waals surface area contributed by atoms with Crippen molar-refractivity contribution >= 4 is 5.91 Å². The Morgan fingerprint density at radius 3 is 2.89 bits per heavy atom. The van der Waals surface area contributed by atoms with Gasteiger partial charge >= 0.3 is 5.69 Å². The van der Waals surface area contributed by atoms with Crippen LogP contribution in [0, 0.1) is 13.8 Å². The summed E-state index contributed by atoms with van der Waals surface area (Å²) in [5.74, 6) is 0.886. The predicted octanol–water partition coefficient (Wildman–Crippen LogP) is 1.44. The highest BCUT2D eigenvalue weighted by molar-refractivity contribution is 5.75. The van der Waals surface area contributed by atoms with Crippen LogP contribution in [0.15, 0.2) is 39.9 Å². The van der Waals surface area contributed by atoms with Crippen molar-refractivity contribution in [2.75, 3.05) is 6.54 Å². The molecule has 1 amide bonds. The van der Waals surface area contributed by atoms with Crippen LogP contribution in [0.3, 0.4) is 0 Å². The normalized spacial score (nSPS) is 10.8. The van der Waals surface area contributed by atoms with Crippen molar-refractivity contribution in [2.24, 2.45) is 0 Å². The van der Waals surface area contributed by atoms with Crippen LogP contribution in [-0.4, -0.2) is 37.1 Å². The maximum Gasteiger partial charge on any atom is 0.348 e. The molecule has 1 N–H and O–H groups in total. The highest BCUT2D eigenvalue weighted by atomic mass is 16.5. The molecule has 3 aromatic heterocycles. The van der Waals surface area contributed by atoms with Crippen molar-refractivity contribution < 1.29 is 9.32 Å². The number of aryl methyl sites for hydroxylation is 3. The molecule has 9 heteroatoms. The van der Waals surface area contributed by atoms with E-state index < -0.39 is 0 Å². The number of nitrogens with zero attached hydrogens (tertiary/aromatic N) is 5. The van der Waals surface area contributed by atoms with Crippen molar-refractivity contribution in [3.05, 3.63) is 58.4 Å². The van der Waals surface area contributed by atoms with Gasteiger partial charge in [-0.2, -0.15) is 9.97 Å². The number of hydrogen-bond donors (Lipinski definition) is 1. The van der Waals surface area contributed by atoms with Gasteiger partial charge in [-0.05, 0) is 38.5 Å². The summed E-state index contributed by atoms with van der Waals surface area (Å²) in [6, 6.07) is 5.50. The quantitative estimate of drug-likeness (QED) is 0.627. The Kier molecular flexibility index (Phi) is 6.25. The number of nitrogens with one attached hydrogen (secondary N) is 1. The lowest BCUT2D eigenvalue weighted by Crippen LogP contribution is -2.33. The monoisotopic (exact) mass is 382 g/mol. The molecule has 0 aliphatic carbocycles. The third-order valence-electron chi connectivity index (χ3n) is 4.19. The number of carbonyl (C=O) groups is 1. The SMILES string of the molecule is Cc1cc(C)n(CCNC(=O)CCCc2nc(-c3cccnc3)no2)c(=O)n1. The second kappa shape index (κ2) is 9.03. The molecule has 3 aromatic rings. The fraction of sp³-hybridized carbons (Fsp3) is 0.368. The van der Waals surface area contributed by atoms with E-state index >= 15 is 0 Å². The first-order chi connectivity index (χ1) is 13.5. The summed E-state index contributed by atoms with van der Waals surface area (Å²) in [7, 11) is 0. The number of rotatable bonds is 8. The van der Waals surface area contributed by atoms with Gasteiger partial charge in [0.2, 0.25) is 17.6 Å². The van der Waals surface area contributed by atoms with Crippen LogP contribution in [-0.2, 0) is 17.8 Å². The Balaban J connectivity index is 1.41. The molecule has 0 bridgehead atoms. The van der Waals surface area contributed by atoms with Crippen LogP contribution in [0.5, 0.6) is 0 Å². The Labute approximate surface area is 161 Å². The maximum absolute atomic E-state index is 12.0. The average molecular weight is 382 g/mol. The zero-order chi connectivity index (χ0) is 19.9. The van der Waals surface area contributed by atoms with Crippen molar-refractivity contribution in [1.82, 2.24) is 30.0 Å². The van der Waals surface area contributed by atoms with Crippen LogP contribution < -0.4 is 11.0 Å². The molecule has 28 heavy (non-hydrogen) atoms. The first-order valence-corrected chi connectivity index (χ1v) is 9.07. The van der Waals surface area contributed by atoms with Crippen LogP contribution in [0.4, 0.5) is 0 Å². The van der Waals surface area contributed by atoms with Crippen molar-refractivity contribution in [3.8, 4) is 11.4 Å². The molecule has 0 saturated carbocycles. The summed E-state index contributed by atoms with van der Waals surface area (Å²) in [4.78, 5) is 36.1. The van der Waals surface area contributed by atoms with Crippen molar-refractivity contribution in [3.63, 3.8) is 0 Å². The van der Waals surface area contributed by atoms with Crippen LogP contribution >= 0.6 is 0 Å². The summed E-state index contributed by atoms with van der Waals surface area (Å²) in [5.41, 5.74) is 2.00. The number of aromatic nitrogens is 5. The lowest BCUT2D eigenvalue weighted by atomic mass is 10.2. The zero-order valence-corrected chi connectivity index (χ0v) is 15.9. The van der Waals surface area contributed by atoms with E-state index in [4.69, 9.17) is 4.52 Å². The molecule has 0 atom stereocenters. The summed E-state index contributed by atoms with van der Waals surface area (Å²) >= 11 is 0. The van der Waals surface area contributed by atoms with Crippen molar-refractivity contribution in [1.29, 1.82) is 0 Å². The highest BCUT2D eigenvalue weighted by Crippen LogP contribution is 2.14. The van der Waals surface area contributed by atoms with E-state index in [1.54, 1.807) is 30.0 Å². The number of pyridine rings is 1. The van der Waals surface area contributed by atoms with E-state index in [-0.39, 0.29) is 11.6 Å². The fourth-order valence-corrected chi connectivity index (χ4v) is 2.81. The second-order valence-electron chi connectivity index (χ2n) is 6.43. The molecule has 0 aliphatic heterocycles. The first-order valence-electron chi connectivity index (χ1n) is 9.07. The third kappa shape index (κ3) is 5.09. The summed E-state index contributed by atoms with van der Waals surface area (Å²) < 4.78 is 6.76. The highest BCUT2D eigenvalue weighted by Gasteiger charge is 2.10. The van der Waals surface area contributed by atoms with Gasteiger partial charge < -0.3 is 9.84 Å². The van der Waals surface area contributed by atoms with Gasteiger partial charge in [-0.3, -0.25) is 14.3 Å². The fourth-order valence-electron chi connectivity index (χ4n) is 2.81. The molecule has 0 aromatic carbocycles. The van der Waals surface area contributed by atoms with Gasteiger partial charge in [0.1, 0.15) is 0 Å². The molecule has 0 spiro atoms. The molecule has 0 fully saturated rings. The minimum absolute atomic E-state index is 0.0854. The molecule has 0 aliphatic rings. The lowest BCUT2D eigenvalue weighted by Gasteiger charge is -2.10. The van der Waals surface area contributed by atoms with Crippen LogP contribution in [0.25, 0.3) is 11.4 Å². The van der Waals surface area contributed by atoms with E-state index in [1.807, 2.05) is 19.1 Å². The minimum Gasteiger partial charge on any atom is -0.354 e. The van der Waals surface area contributed by atoms with Crippen molar-refractivity contribution in [2.45, 2.75) is 39.7 Å². The summed E-state index contributed by atoms with van der Waals surface area (Å²) in [6.07, 6.45) is 4.78. The molecule has 3 heterocycles. The van der Waals surface area contributed by atoms with Gasteiger partial charge in [-0.15, -0.1) is 0 Å². The largest absolute Gasteiger partial charge is 0.354 e. The molecule has 0 unspecified atom stereocenters. The van der Waals surface area contributed by atoms with Crippen LogP contribution in [0.1, 0.15) is 30.1 Å². The number of carbonyl (C=O) groups excluding carboxylic acids is 1. The topological polar surface area (TPSA) is 116 Å². The molecular weight excluding hydrogens is 360 g/mol. The molecule has 9 nitrogen and oxygen atoms in total. The van der Waals surface area contributed by atoms with Crippen LogP contribution in [0.2, 0.25) is 0 Å². The van der Waals surface area contributed by atoms with Gasteiger partial charge in [-0.25, -0.2) is 4.79 Å². The lowest BCUT2D eigenvalue weighted by molar-refractivity contribution is -0.121. The third-order valence-corrected chi connectivity index (χ3v) is 4.19. The molecule has 0 radical (unpaired) electrons. The first kappa shape index (κ1) is 19.4. The van der Waals surface area contributed by atoms with Gasteiger partial charge in [-0.1, -0.05) is 5.16 Å². The Hall–Kier alpha value is -3.36. The van der Waals surface area contributed by atoms with Gasteiger partial charge in [0.05, 0.1) is 0 Å². The van der Waals surface area contributed by atoms with E-state index in [2.05, 4.69) is 25.4 Å². The standard InChI is InChI=1S/C19H22N6O3/c1-13-11-14(2)25(19(27)22-13)10-9-21-16(26)6-3-7-17-23-18(24-28-17)15-5-4-8-20-12-15/h4-5,8,11-12H,3,6-7,9-10H2,1-2H3,(H,21,26). The predicted molar refractivity (Wildman–Crippen MR) is 101 cm³/mol. The van der Waals surface area contributed by atoms with E-state index in [9.17, 15) is 9.59 Å². The number of amides is 1. The zero-order valence-electron chi connectivity index (χ0n) is 15.9. The maximum atomic E-state index is 12.0. The molecular formula is C19H22N6O3. The van der Waals surface area contributed by atoms with Gasteiger partial charge in [0.25, 0.3) is 0 Å². The van der Waals surface area contributed by atoms with E-state index in [0.29, 0.717) is 49.8 Å². The Morgan fingerprint density at radius 2 is 2.14 bits per heavy atom.